The van der Waals surface area contributed by atoms with E-state index < -0.39 is 0 Å². The fourth-order valence-electron chi connectivity index (χ4n) is 3.10. The Morgan fingerprint density at radius 1 is 1.08 bits per heavy atom. The number of hydrogen-bond donors (Lipinski definition) is 3. The van der Waals surface area contributed by atoms with Crippen LogP contribution >= 0.6 is 11.3 Å². The molecular formula is C19H23N3O2S. The molecule has 5 nitrogen and oxygen atoms in total. The Bertz CT molecular complexity index is 722. The van der Waals surface area contributed by atoms with E-state index in [-0.39, 0.29) is 30.3 Å². The average Bonchev–Trinajstić information content (AvgIpc) is 3.13. The SMILES string of the molecule is NC1CCC(NC(=O)Cc2ccccc2NC(=O)c2cccs2)CC1. The van der Waals surface area contributed by atoms with E-state index in [0.717, 1.165) is 31.2 Å². The highest BCUT2D eigenvalue weighted by molar-refractivity contribution is 7.12. The van der Waals surface area contributed by atoms with E-state index in [1.807, 2.05) is 35.7 Å². The van der Waals surface area contributed by atoms with E-state index in [1.165, 1.54) is 11.3 Å². The van der Waals surface area contributed by atoms with Crippen LogP contribution in [0.5, 0.6) is 0 Å². The molecule has 3 rings (SSSR count). The maximum Gasteiger partial charge on any atom is 0.265 e. The van der Waals surface area contributed by atoms with Crippen LogP contribution in [0, 0.1) is 0 Å². The minimum absolute atomic E-state index is 0.0155. The standard InChI is InChI=1S/C19H23N3O2S/c20-14-7-9-15(10-8-14)21-18(23)12-13-4-1-2-5-16(13)22-19(24)17-6-3-11-25-17/h1-6,11,14-15H,7-10,12,20H2,(H,21,23)(H,22,24). The first-order valence-electron chi connectivity index (χ1n) is 8.59. The maximum absolute atomic E-state index is 12.4. The predicted octanol–water partition coefficient (Wildman–Crippen LogP) is 2.93. The number of rotatable bonds is 5. The Labute approximate surface area is 151 Å². The van der Waals surface area contributed by atoms with Gasteiger partial charge in [-0.2, -0.15) is 0 Å². The summed E-state index contributed by atoms with van der Waals surface area (Å²) < 4.78 is 0. The van der Waals surface area contributed by atoms with Gasteiger partial charge in [0.25, 0.3) is 5.91 Å². The molecule has 1 aromatic carbocycles. The molecule has 6 heteroatoms. The van der Waals surface area contributed by atoms with Gasteiger partial charge in [0.15, 0.2) is 0 Å². The molecule has 0 aliphatic heterocycles. The summed E-state index contributed by atoms with van der Waals surface area (Å²) in [7, 11) is 0. The molecule has 1 aliphatic rings. The highest BCUT2D eigenvalue weighted by Gasteiger charge is 2.20. The van der Waals surface area contributed by atoms with Crippen molar-refractivity contribution in [1.29, 1.82) is 0 Å². The lowest BCUT2D eigenvalue weighted by Crippen LogP contribution is -2.41. The van der Waals surface area contributed by atoms with Gasteiger partial charge in [0.2, 0.25) is 5.91 Å². The number of benzene rings is 1. The Hall–Kier alpha value is -2.18. The second-order valence-electron chi connectivity index (χ2n) is 6.44. The summed E-state index contributed by atoms with van der Waals surface area (Å²) in [6, 6.07) is 11.5. The molecule has 1 aromatic heterocycles. The van der Waals surface area contributed by atoms with E-state index >= 15 is 0 Å². The van der Waals surface area contributed by atoms with Gasteiger partial charge in [0.05, 0.1) is 11.3 Å². The largest absolute Gasteiger partial charge is 0.353 e. The molecule has 132 valence electrons. The number of carbonyl (C=O) groups is 2. The van der Waals surface area contributed by atoms with Crippen LogP contribution in [0.4, 0.5) is 5.69 Å². The molecule has 0 saturated heterocycles. The highest BCUT2D eigenvalue weighted by Crippen LogP contribution is 2.20. The third-order valence-corrected chi connectivity index (χ3v) is 5.37. The molecule has 1 aliphatic carbocycles. The summed E-state index contributed by atoms with van der Waals surface area (Å²) in [5.74, 6) is -0.164. The zero-order valence-corrected chi connectivity index (χ0v) is 14.9. The van der Waals surface area contributed by atoms with Crippen molar-refractivity contribution < 1.29 is 9.59 Å². The fraction of sp³-hybridized carbons (Fsp3) is 0.368. The molecule has 0 radical (unpaired) electrons. The van der Waals surface area contributed by atoms with Crippen LogP contribution in [0.15, 0.2) is 41.8 Å². The molecule has 25 heavy (non-hydrogen) atoms. The lowest BCUT2D eigenvalue weighted by Gasteiger charge is -2.26. The topological polar surface area (TPSA) is 84.2 Å². The van der Waals surface area contributed by atoms with E-state index in [0.29, 0.717) is 10.6 Å². The molecule has 1 fully saturated rings. The summed E-state index contributed by atoms with van der Waals surface area (Å²) in [6.45, 7) is 0. The maximum atomic E-state index is 12.4. The summed E-state index contributed by atoms with van der Waals surface area (Å²) in [5, 5.41) is 7.86. The number of nitrogens with one attached hydrogen (secondary N) is 2. The van der Waals surface area contributed by atoms with Gasteiger partial charge in [-0.25, -0.2) is 0 Å². The van der Waals surface area contributed by atoms with Crippen molar-refractivity contribution in [2.75, 3.05) is 5.32 Å². The van der Waals surface area contributed by atoms with E-state index in [9.17, 15) is 9.59 Å². The minimum Gasteiger partial charge on any atom is -0.353 e. The second-order valence-corrected chi connectivity index (χ2v) is 7.39. The molecule has 0 unspecified atom stereocenters. The molecule has 4 N–H and O–H groups in total. The molecule has 0 bridgehead atoms. The van der Waals surface area contributed by atoms with Gasteiger partial charge in [-0.15, -0.1) is 11.3 Å². The van der Waals surface area contributed by atoms with E-state index in [2.05, 4.69) is 10.6 Å². The lowest BCUT2D eigenvalue weighted by atomic mass is 9.91. The lowest BCUT2D eigenvalue weighted by molar-refractivity contribution is -0.121. The van der Waals surface area contributed by atoms with Gasteiger partial charge in [-0.05, 0) is 48.8 Å². The van der Waals surface area contributed by atoms with Crippen molar-refractivity contribution in [1.82, 2.24) is 5.32 Å². The van der Waals surface area contributed by atoms with Crippen molar-refractivity contribution in [3.8, 4) is 0 Å². The second kappa shape index (κ2) is 8.27. The van der Waals surface area contributed by atoms with Crippen LogP contribution in [-0.2, 0) is 11.2 Å². The molecule has 0 spiro atoms. The highest BCUT2D eigenvalue weighted by atomic mass is 32.1. The van der Waals surface area contributed by atoms with Gasteiger partial charge in [0.1, 0.15) is 0 Å². The van der Waals surface area contributed by atoms with Gasteiger partial charge >= 0.3 is 0 Å². The van der Waals surface area contributed by atoms with Gasteiger partial charge in [-0.1, -0.05) is 24.3 Å². The first-order chi connectivity index (χ1) is 12.1. The summed E-state index contributed by atoms with van der Waals surface area (Å²) in [5.41, 5.74) is 7.40. The Balaban J connectivity index is 1.60. The number of amides is 2. The quantitative estimate of drug-likeness (QED) is 0.769. The summed E-state index contributed by atoms with van der Waals surface area (Å²) in [6.07, 6.45) is 4.04. The zero-order valence-electron chi connectivity index (χ0n) is 14.0. The molecule has 1 saturated carbocycles. The first-order valence-corrected chi connectivity index (χ1v) is 9.47. The number of nitrogens with two attached hydrogens (primary N) is 1. The minimum atomic E-state index is -0.149. The van der Waals surface area contributed by atoms with Gasteiger partial charge < -0.3 is 16.4 Å². The first kappa shape index (κ1) is 17.6. The summed E-state index contributed by atoms with van der Waals surface area (Å²) in [4.78, 5) is 25.3. The fourth-order valence-corrected chi connectivity index (χ4v) is 3.72. The zero-order chi connectivity index (χ0) is 17.6. The number of para-hydroxylation sites is 1. The van der Waals surface area contributed by atoms with Crippen molar-refractivity contribution in [3.63, 3.8) is 0 Å². The van der Waals surface area contributed by atoms with Crippen LogP contribution < -0.4 is 16.4 Å². The van der Waals surface area contributed by atoms with Crippen LogP contribution in [-0.4, -0.2) is 23.9 Å². The Morgan fingerprint density at radius 2 is 1.84 bits per heavy atom. The van der Waals surface area contributed by atoms with Crippen LogP contribution in [0.2, 0.25) is 0 Å². The Kier molecular flexibility index (Phi) is 5.83. The molecule has 2 aromatic rings. The van der Waals surface area contributed by atoms with Crippen LogP contribution in [0.1, 0.15) is 40.9 Å². The van der Waals surface area contributed by atoms with E-state index in [1.54, 1.807) is 6.07 Å². The Morgan fingerprint density at radius 3 is 2.56 bits per heavy atom. The number of anilines is 1. The van der Waals surface area contributed by atoms with Gasteiger partial charge in [0, 0.05) is 17.8 Å². The number of thiophene rings is 1. The van der Waals surface area contributed by atoms with Crippen LogP contribution in [0.25, 0.3) is 0 Å². The third kappa shape index (κ3) is 4.90. The monoisotopic (exact) mass is 357 g/mol. The number of hydrogen-bond acceptors (Lipinski definition) is 4. The molecule has 2 amide bonds. The normalized spacial score (nSPS) is 20.0. The van der Waals surface area contributed by atoms with Crippen LogP contribution in [0.3, 0.4) is 0 Å². The van der Waals surface area contributed by atoms with Crippen molar-refractivity contribution in [3.05, 3.63) is 52.2 Å². The van der Waals surface area contributed by atoms with Crippen molar-refractivity contribution >= 4 is 28.8 Å². The van der Waals surface area contributed by atoms with Crippen molar-refractivity contribution in [2.24, 2.45) is 5.73 Å². The van der Waals surface area contributed by atoms with Gasteiger partial charge in [-0.3, -0.25) is 9.59 Å². The third-order valence-electron chi connectivity index (χ3n) is 4.50. The number of carbonyl (C=O) groups excluding carboxylic acids is 2. The molecule has 0 atom stereocenters. The summed E-state index contributed by atoms with van der Waals surface area (Å²) >= 11 is 1.39. The average molecular weight is 357 g/mol. The van der Waals surface area contributed by atoms with Crippen molar-refractivity contribution in [2.45, 2.75) is 44.2 Å². The van der Waals surface area contributed by atoms with E-state index in [4.69, 9.17) is 5.73 Å². The molecular weight excluding hydrogens is 334 g/mol. The predicted molar refractivity (Wildman–Crippen MR) is 101 cm³/mol. The molecule has 1 heterocycles. The smallest absolute Gasteiger partial charge is 0.265 e.